The van der Waals surface area contributed by atoms with Crippen LogP contribution in [0, 0.1) is 25.5 Å². The Morgan fingerprint density at radius 3 is 1.82 bits per heavy atom. The van der Waals surface area contributed by atoms with Crippen LogP contribution in [0.1, 0.15) is 21.6 Å². The first-order chi connectivity index (χ1) is 20.7. The van der Waals surface area contributed by atoms with Gasteiger partial charge in [0.1, 0.15) is 11.3 Å². The van der Waals surface area contributed by atoms with Gasteiger partial charge in [-0.2, -0.15) is 4.39 Å². The van der Waals surface area contributed by atoms with Crippen molar-refractivity contribution in [2.45, 2.75) is 32.7 Å². The molecule has 0 saturated heterocycles. The van der Waals surface area contributed by atoms with E-state index in [4.69, 9.17) is 24.9 Å². The van der Waals surface area contributed by atoms with E-state index in [9.17, 15) is 35.5 Å². The average Bonchev–Trinajstić information content (AvgIpc) is 2.89. The fourth-order valence-corrected chi connectivity index (χ4v) is 3.14. The summed E-state index contributed by atoms with van der Waals surface area (Å²) in [7, 11) is 1.31. The van der Waals surface area contributed by atoms with E-state index in [1.807, 2.05) is 0 Å². The summed E-state index contributed by atoms with van der Waals surface area (Å²) in [5.41, 5.74) is -0.552. The summed E-state index contributed by atoms with van der Waals surface area (Å²) in [4.78, 5) is 26.0. The Morgan fingerprint density at radius 2 is 1.33 bits per heavy atom. The summed E-state index contributed by atoms with van der Waals surface area (Å²) >= 11 is 0. The van der Waals surface area contributed by atoms with Gasteiger partial charge in [0.25, 0.3) is 12.4 Å². The number of methoxy groups -OCH3 is 1. The molecule has 45 heavy (non-hydrogen) atoms. The molecular formula is C25H20F8N2O10. The van der Waals surface area contributed by atoms with Gasteiger partial charge in [0.2, 0.25) is 11.6 Å². The zero-order valence-corrected chi connectivity index (χ0v) is 22.7. The van der Waals surface area contributed by atoms with Crippen molar-refractivity contribution in [3.8, 4) is 28.7 Å². The summed E-state index contributed by atoms with van der Waals surface area (Å²) in [6.45, 7) is 3.37. The van der Waals surface area contributed by atoms with Crippen LogP contribution in [0.4, 0.5) is 40.8 Å². The highest BCUT2D eigenvalue weighted by atomic mass is 19.4. The van der Waals surface area contributed by atoms with Crippen molar-refractivity contribution in [2.75, 3.05) is 12.4 Å². The van der Waals surface area contributed by atoms with Gasteiger partial charge in [-0.05, 0) is 49.7 Å². The predicted octanol–water partition coefficient (Wildman–Crippen LogP) is 4.57. The van der Waals surface area contributed by atoms with Crippen molar-refractivity contribution in [2.24, 2.45) is 0 Å². The molecule has 0 bridgehead atoms. The van der Waals surface area contributed by atoms with Gasteiger partial charge in [0.15, 0.2) is 23.1 Å². The van der Waals surface area contributed by atoms with Crippen LogP contribution < -0.4 is 24.3 Å². The van der Waals surface area contributed by atoms with Gasteiger partial charge in [-0.25, -0.2) is 4.39 Å². The van der Waals surface area contributed by atoms with E-state index in [1.165, 1.54) is 33.2 Å². The van der Waals surface area contributed by atoms with Crippen molar-refractivity contribution in [3.63, 3.8) is 0 Å². The summed E-state index contributed by atoms with van der Waals surface area (Å²) in [6.07, 6.45) is -13.8. The van der Waals surface area contributed by atoms with Crippen molar-refractivity contribution in [1.82, 2.24) is 4.98 Å². The van der Waals surface area contributed by atoms with E-state index in [-0.39, 0.29) is 5.69 Å². The number of hydrogen-bond acceptors (Lipinski definition) is 11. The van der Waals surface area contributed by atoms with E-state index < -0.39 is 70.7 Å². The molecule has 1 amide bonds. The molecule has 0 fully saturated rings. The molecule has 0 radical (unpaired) electrons. The lowest BCUT2D eigenvalue weighted by Gasteiger charge is -2.21. The molecule has 12 nitrogen and oxygen atoms in total. The highest BCUT2D eigenvalue weighted by Crippen LogP contribution is 2.43. The van der Waals surface area contributed by atoms with Crippen LogP contribution in [0.15, 0.2) is 36.5 Å². The molecule has 0 aliphatic carbocycles. The number of halogens is 8. The summed E-state index contributed by atoms with van der Waals surface area (Å²) in [5.74, 6) is -12.4. The average molecular weight is 660 g/mol. The Labute approximate surface area is 246 Å². The van der Waals surface area contributed by atoms with Crippen LogP contribution in [0.25, 0.3) is 0 Å². The smallest absolute Gasteiger partial charge is 0.471 e. The lowest BCUT2D eigenvalue weighted by molar-refractivity contribution is -0.420. The van der Waals surface area contributed by atoms with Crippen molar-refractivity contribution < 1.29 is 83.7 Å². The largest absolute Gasteiger partial charge is 0.573 e. The third-order valence-corrected chi connectivity index (χ3v) is 4.82. The lowest BCUT2D eigenvalue weighted by atomic mass is 10.1. The number of amides is 1. The molecule has 1 heterocycles. The number of nitrogens with zero attached hydrogens (tertiary/aromatic N) is 1. The zero-order chi connectivity index (χ0) is 34.3. The molecule has 0 aliphatic rings. The van der Waals surface area contributed by atoms with Gasteiger partial charge in [0.05, 0.1) is 7.11 Å². The molecule has 20 heteroatoms. The highest BCUT2D eigenvalue weighted by Gasteiger charge is 2.37. The third-order valence-electron chi connectivity index (χ3n) is 4.82. The Balaban J connectivity index is 0.00000166. The third kappa shape index (κ3) is 10.9. The molecule has 4 N–H and O–H groups in total. The number of nitrogens with one attached hydrogen (secondary N) is 1. The number of benzene rings is 2. The number of aryl methyl sites for hydroxylation is 2. The van der Waals surface area contributed by atoms with Crippen LogP contribution >= 0.6 is 0 Å². The molecule has 246 valence electrons. The molecule has 1 aromatic heterocycles. The van der Waals surface area contributed by atoms with Gasteiger partial charge in [0, 0.05) is 17.6 Å². The summed E-state index contributed by atoms with van der Waals surface area (Å²) in [6, 6.07) is 2.95. The number of carbonyl (C=O) groups excluding carboxylic acids is 2. The first kappa shape index (κ1) is 36.2. The Morgan fingerprint density at radius 1 is 0.844 bits per heavy atom. The van der Waals surface area contributed by atoms with E-state index in [0.717, 1.165) is 0 Å². The molecule has 3 rings (SSSR count). The van der Waals surface area contributed by atoms with Crippen LogP contribution in [0.3, 0.4) is 0 Å². The van der Waals surface area contributed by atoms with Gasteiger partial charge < -0.3 is 44.3 Å². The predicted molar refractivity (Wildman–Crippen MR) is 131 cm³/mol. The number of ether oxygens (including phenoxy) is 5. The van der Waals surface area contributed by atoms with E-state index >= 15 is 4.39 Å². The molecule has 0 aliphatic heterocycles. The van der Waals surface area contributed by atoms with Gasteiger partial charge >= 0.3 is 18.9 Å². The fraction of sp³-hybridized carbons (Fsp3) is 0.240. The standard InChI is InChI=1S/C23H16F8N2O8.C2H4O2/c1-9-8-32-10(2)7-11(9)33-20(34)16-12(3-4-13(17(16)24)39-21(26,27)28)38-15-6-5-14(40-22(29,30)31)18(25)19(15)41-23(35,36)37;1-4-2-3/h3-8,35-37H,1-2H3,(H,32,33,34);2H,1H3. The maximum absolute atomic E-state index is 15.3. The normalized spacial score (nSPS) is 11.5. The number of alkyl halides is 6. The van der Waals surface area contributed by atoms with Gasteiger partial charge in [-0.15, -0.1) is 26.3 Å². The Hall–Kier alpha value is -4.95. The van der Waals surface area contributed by atoms with Crippen LogP contribution in [0.2, 0.25) is 0 Å². The van der Waals surface area contributed by atoms with Crippen molar-refractivity contribution in [3.05, 3.63) is 65.0 Å². The van der Waals surface area contributed by atoms with Crippen molar-refractivity contribution in [1.29, 1.82) is 0 Å². The zero-order valence-electron chi connectivity index (χ0n) is 22.7. The monoisotopic (exact) mass is 660 g/mol. The first-order valence-electron chi connectivity index (χ1n) is 11.6. The van der Waals surface area contributed by atoms with E-state index in [0.29, 0.717) is 42.0 Å². The SMILES string of the molecule is COC=O.Cc1cc(NC(=O)c2c(Oc3ccc(OC(F)(F)F)c(F)c3OC(O)(O)O)ccc(OC(F)(F)F)c2F)c(C)cn1. The van der Waals surface area contributed by atoms with Gasteiger partial charge in [-0.1, -0.05) is 0 Å². The Bertz CT molecular complexity index is 1530. The fourth-order valence-electron chi connectivity index (χ4n) is 3.14. The van der Waals surface area contributed by atoms with Crippen LogP contribution in [-0.4, -0.2) is 58.7 Å². The summed E-state index contributed by atoms with van der Waals surface area (Å²) in [5, 5.41) is 29.5. The Kier molecular flexibility index (Phi) is 11.5. The topological polar surface area (TPSA) is 166 Å². The minimum absolute atomic E-state index is 0.0318. The second-order valence-corrected chi connectivity index (χ2v) is 8.26. The van der Waals surface area contributed by atoms with Crippen molar-refractivity contribution >= 4 is 18.1 Å². The van der Waals surface area contributed by atoms with E-state index in [1.54, 1.807) is 0 Å². The van der Waals surface area contributed by atoms with Gasteiger partial charge in [-0.3, -0.25) is 14.6 Å². The van der Waals surface area contributed by atoms with Crippen LogP contribution in [-0.2, 0) is 9.53 Å². The summed E-state index contributed by atoms with van der Waals surface area (Å²) < 4.78 is 126. The minimum Gasteiger partial charge on any atom is -0.471 e. The number of carbonyl (C=O) groups is 2. The number of pyridine rings is 1. The maximum Gasteiger partial charge on any atom is 0.573 e. The number of anilines is 1. The second-order valence-electron chi connectivity index (χ2n) is 8.26. The second kappa shape index (κ2) is 14.2. The molecule has 0 unspecified atom stereocenters. The van der Waals surface area contributed by atoms with E-state index in [2.05, 4.69) is 29.2 Å². The lowest BCUT2D eigenvalue weighted by Crippen LogP contribution is -2.35. The number of rotatable bonds is 9. The number of hydrogen-bond donors (Lipinski definition) is 4. The minimum atomic E-state index is -5.46. The number of aliphatic hydroxyl groups is 3. The first-order valence-corrected chi connectivity index (χ1v) is 11.6. The highest BCUT2D eigenvalue weighted by molar-refractivity contribution is 6.07. The molecule has 0 spiro atoms. The quantitative estimate of drug-likeness (QED) is 0.144. The molecule has 0 atom stereocenters. The molecule has 0 saturated carbocycles. The molecule has 2 aromatic carbocycles. The molecule has 3 aromatic rings. The maximum atomic E-state index is 15.3. The van der Waals surface area contributed by atoms with Crippen LogP contribution in [0.5, 0.6) is 28.7 Å². The molecular weight excluding hydrogens is 640 g/mol. The number of aromatic nitrogens is 1.